The van der Waals surface area contributed by atoms with Crippen LogP contribution in [0, 0.1) is 10.1 Å². The van der Waals surface area contributed by atoms with Gasteiger partial charge in [0.25, 0.3) is 0 Å². The molecule has 0 amide bonds. The molecule has 1 aromatic rings. The van der Waals surface area contributed by atoms with Crippen LogP contribution in [0.25, 0.3) is 0 Å². The van der Waals surface area contributed by atoms with E-state index in [2.05, 4.69) is 4.98 Å². The quantitative estimate of drug-likeness (QED) is 0.406. The summed E-state index contributed by atoms with van der Waals surface area (Å²) in [5.74, 6) is 0.560. The minimum atomic E-state index is -0.462. The summed E-state index contributed by atoms with van der Waals surface area (Å²) in [5.41, 5.74) is 0. The third kappa shape index (κ3) is 2.29. The summed E-state index contributed by atoms with van der Waals surface area (Å²) in [6.07, 6.45) is 2.16. The highest BCUT2D eigenvalue weighted by Gasteiger charge is 2.15. The van der Waals surface area contributed by atoms with Crippen molar-refractivity contribution >= 4 is 5.82 Å². The third-order valence-corrected chi connectivity index (χ3v) is 1.83. The van der Waals surface area contributed by atoms with Crippen molar-refractivity contribution in [1.82, 2.24) is 9.55 Å². The van der Waals surface area contributed by atoms with E-state index in [9.17, 15) is 10.1 Å². The lowest BCUT2D eigenvalue weighted by molar-refractivity contribution is -0.391. The molecule has 6 nitrogen and oxygen atoms in total. The van der Waals surface area contributed by atoms with Crippen molar-refractivity contribution < 1.29 is 9.66 Å². The molecule has 0 unspecified atom stereocenters. The number of imidazole rings is 1. The molecular formula is C8H13N3O3. The third-order valence-electron chi connectivity index (χ3n) is 1.83. The highest BCUT2D eigenvalue weighted by atomic mass is 16.6. The molecule has 0 saturated carbocycles. The van der Waals surface area contributed by atoms with Crippen LogP contribution in [0.15, 0.2) is 6.20 Å². The van der Waals surface area contributed by atoms with Crippen LogP contribution in [0.5, 0.6) is 0 Å². The normalized spacial score (nSPS) is 10.4. The molecule has 0 saturated heterocycles. The number of nitro groups is 1. The van der Waals surface area contributed by atoms with Gasteiger partial charge in [-0.2, -0.15) is 0 Å². The first-order valence-electron chi connectivity index (χ1n) is 4.39. The summed E-state index contributed by atoms with van der Waals surface area (Å²) in [6.45, 7) is 2.96. The van der Waals surface area contributed by atoms with Gasteiger partial charge in [-0.15, -0.1) is 0 Å². The number of hydrogen-bond acceptors (Lipinski definition) is 4. The molecule has 0 radical (unpaired) electrons. The Morgan fingerprint density at radius 3 is 2.93 bits per heavy atom. The molecule has 0 aromatic carbocycles. The maximum atomic E-state index is 10.5. The molecule has 78 valence electrons. The summed E-state index contributed by atoms with van der Waals surface area (Å²) in [6, 6.07) is 0. The van der Waals surface area contributed by atoms with E-state index >= 15 is 0 Å². The maximum Gasteiger partial charge on any atom is 0.342 e. The zero-order valence-electron chi connectivity index (χ0n) is 8.27. The number of hydrogen-bond donors (Lipinski definition) is 0. The van der Waals surface area contributed by atoms with Crippen LogP contribution in [-0.2, 0) is 18.4 Å². The summed E-state index contributed by atoms with van der Waals surface area (Å²) in [4.78, 5) is 13.9. The predicted molar refractivity (Wildman–Crippen MR) is 49.8 cm³/mol. The van der Waals surface area contributed by atoms with Gasteiger partial charge < -0.3 is 14.9 Å². The van der Waals surface area contributed by atoms with Crippen molar-refractivity contribution in [1.29, 1.82) is 0 Å². The molecule has 1 heterocycles. The Hall–Kier alpha value is -1.43. The van der Waals surface area contributed by atoms with Crippen molar-refractivity contribution in [3.8, 4) is 0 Å². The van der Waals surface area contributed by atoms with E-state index in [1.165, 1.54) is 10.8 Å². The Bertz CT molecular complexity index is 322. The molecule has 0 aliphatic heterocycles. The molecule has 6 heteroatoms. The lowest BCUT2D eigenvalue weighted by Gasteiger charge is -1.99. The Balaban J connectivity index is 2.65. The van der Waals surface area contributed by atoms with Gasteiger partial charge in [0.05, 0.1) is 7.05 Å². The Kier molecular flexibility index (Phi) is 3.58. The van der Waals surface area contributed by atoms with Crippen LogP contribution in [0.3, 0.4) is 0 Å². The van der Waals surface area contributed by atoms with Gasteiger partial charge in [-0.25, -0.2) is 9.55 Å². The van der Waals surface area contributed by atoms with Gasteiger partial charge in [0.15, 0.2) is 0 Å². The van der Waals surface area contributed by atoms with Gasteiger partial charge in [0, 0.05) is 6.61 Å². The van der Waals surface area contributed by atoms with Crippen LogP contribution in [0.4, 0.5) is 5.82 Å². The van der Waals surface area contributed by atoms with Gasteiger partial charge in [-0.05, 0) is 11.3 Å². The largest absolute Gasteiger partial charge is 0.371 e. The summed E-state index contributed by atoms with van der Waals surface area (Å²) in [5, 5.41) is 10.5. The van der Waals surface area contributed by atoms with Crippen molar-refractivity contribution in [2.75, 3.05) is 6.61 Å². The van der Waals surface area contributed by atoms with Crippen LogP contribution in [0.2, 0.25) is 0 Å². The Morgan fingerprint density at radius 2 is 2.43 bits per heavy atom. The van der Waals surface area contributed by atoms with Crippen molar-refractivity contribution in [2.24, 2.45) is 7.05 Å². The van der Waals surface area contributed by atoms with E-state index in [4.69, 9.17) is 4.74 Å². The second-order valence-corrected chi connectivity index (χ2v) is 2.90. The minimum absolute atomic E-state index is 0.0138. The molecule has 0 spiro atoms. The average molecular weight is 199 g/mol. The SMILES string of the molecule is CCCOCc1ncc([N+](=O)[O-])n1C. The molecule has 1 rings (SSSR count). The van der Waals surface area contributed by atoms with Gasteiger partial charge >= 0.3 is 5.82 Å². The van der Waals surface area contributed by atoms with Crippen molar-refractivity contribution in [3.05, 3.63) is 22.1 Å². The van der Waals surface area contributed by atoms with Gasteiger partial charge in [-0.1, -0.05) is 6.92 Å². The second-order valence-electron chi connectivity index (χ2n) is 2.90. The smallest absolute Gasteiger partial charge is 0.342 e. The highest BCUT2D eigenvalue weighted by molar-refractivity contribution is 5.18. The van der Waals surface area contributed by atoms with Gasteiger partial charge in [-0.3, -0.25) is 0 Å². The van der Waals surface area contributed by atoms with Crippen LogP contribution in [-0.4, -0.2) is 21.1 Å². The molecule has 14 heavy (non-hydrogen) atoms. The standard InChI is InChI=1S/C8H13N3O3/c1-3-4-14-6-7-9-5-8(10(7)2)11(12)13/h5H,3-4,6H2,1-2H3. The molecule has 1 aromatic heterocycles. The Labute approximate surface area is 81.7 Å². The molecule has 0 fully saturated rings. The fourth-order valence-electron chi connectivity index (χ4n) is 1.05. The summed E-state index contributed by atoms with van der Waals surface area (Å²) < 4.78 is 6.66. The number of ether oxygens (including phenoxy) is 1. The van der Waals surface area contributed by atoms with Gasteiger partial charge in [0.1, 0.15) is 12.8 Å². The monoisotopic (exact) mass is 199 g/mol. The zero-order chi connectivity index (χ0) is 10.6. The lowest BCUT2D eigenvalue weighted by atomic mass is 10.5. The molecule has 0 atom stereocenters. The Morgan fingerprint density at radius 1 is 1.71 bits per heavy atom. The highest BCUT2D eigenvalue weighted by Crippen LogP contribution is 2.12. The molecule has 0 bridgehead atoms. The topological polar surface area (TPSA) is 70.2 Å². The number of nitrogens with zero attached hydrogens (tertiary/aromatic N) is 3. The maximum absolute atomic E-state index is 10.5. The van der Waals surface area contributed by atoms with Gasteiger partial charge in [0.2, 0.25) is 5.82 Å². The first-order valence-corrected chi connectivity index (χ1v) is 4.39. The predicted octanol–water partition coefficient (Wildman–Crippen LogP) is 1.25. The lowest BCUT2D eigenvalue weighted by Crippen LogP contribution is -2.04. The molecule has 0 aliphatic rings. The van der Waals surface area contributed by atoms with Crippen LogP contribution in [0.1, 0.15) is 19.2 Å². The first kappa shape index (κ1) is 10.6. The summed E-state index contributed by atoms with van der Waals surface area (Å²) >= 11 is 0. The molecule has 0 N–H and O–H groups in total. The van der Waals surface area contributed by atoms with E-state index in [0.29, 0.717) is 19.0 Å². The van der Waals surface area contributed by atoms with Crippen LogP contribution >= 0.6 is 0 Å². The molecular weight excluding hydrogens is 186 g/mol. The first-order chi connectivity index (χ1) is 6.66. The van der Waals surface area contributed by atoms with E-state index in [1.54, 1.807) is 7.05 Å². The second kappa shape index (κ2) is 4.71. The number of rotatable bonds is 5. The minimum Gasteiger partial charge on any atom is -0.371 e. The zero-order valence-corrected chi connectivity index (χ0v) is 8.27. The van der Waals surface area contributed by atoms with E-state index in [0.717, 1.165) is 6.42 Å². The van der Waals surface area contributed by atoms with E-state index in [-0.39, 0.29) is 5.82 Å². The van der Waals surface area contributed by atoms with E-state index in [1.807, 2.05) is 6.92 Å². The molecule has 0 aliphatic carbocycles. The number of aromatic nitrogens is 2. The van der Waals surface area contributed by atoms with Crippen LogP contribution < -0.4 is 0 Å². The van der Waals surface area contributed by atoms with Crippen molar-refractivity contribution in [3.63, 3.8) is 0 Å². The fraction of sp³-hybridized carbons (Fsp3) is 0.625. The van der Waals surface area contributed by atoms with Crippen molar-refractivity contribution in [2.45, 2.75) is 20.0 Å². The fourth-order valence-corrected chi connectivity index (χ4v) is 1.05. The average Bonchev–Trinajstić information content (AvgIpc) is 2.48. The van der Waals surface area contributed by atoms with E-state index < -0.39 is 4.92 Å². The summed E-state index contributed by atoms with van der Waals surface area (Å²) in [7, 11) is 1.61.